The summed E-state index contributed by atoms with van der Waals surface area (Å²) >= 11 is 7.24. The standard InChI is InChI=1S/C19H16ClNO4S/c20-13-5-7-15(8-6-13)24-9-10-25-17-4-2-1-3-16(17)19-21-14(12-26-19)11-18(22)23/h1-8,12H,9-11H2,(H,22,23). The number of benzene rings is 2. The van der Waals surface area contributed by atoms with Crippen molar-refractivity contribution >= 4 is 28.9 Å². The van der Waals surface area contributed by atoms with Gasteiger partial charge >= 0.3 is 5.97 Å². The van der Waals surface area contributed by atoms with Crippen LogP contribution in [-0.4, -0.2) is 29.3 Å². The molecule has 0 fully saturated rings. The highest BCUT2D eigenvalue weighted by molar-refractivity contribution is 7.13. The van der Waals surface area contributed by atoms with E-state index in [0.717, 1.165) is 16.3 Å². The molecule has 0 aliphatic carbocycles. The molecule has 0 unspecified atom stereocenters. The number of para-hydroxylation sites is 1. The fraction of sp³-hybridized carbons (Fsp3) is 0.158. The van der Waals surface area contributed by atoms with Gasteiger partial charge < -0.3 is 14.6 Å². The lowest BCUT2D eigenvalue weighted by atomic mass is 10.2. The number of aliphatic carboxylic acids is 1. The molecule has 0 spiro atoms. The van der Waals surface area contributed by atoms with E-state index in [1.54, 1.807) is 29.6 Å². The second kappa shape index (κ2) is 8.69. The van der Waals surface area contributed by atoms with Gasteiger partial charge in [0, 0.05) is 10.4 Å². The molecule has 0 aliphatic heterocycles. The predicted octanol–water partition coefficient (Wildman–Crippen LogP) is 4.55. The van der Waals surface area contributed by atoms with E-state index in [2.05, 4.69) is 4.98 Å². The summed E-state index contributed by atoms with van der Waals surface area (Å²) < 4.78 is 11.4. The van der Waals surface area contributed by atoms with Crippen LogP contribution in [0.3, 0.4) is 0 Å². The van der Waals surface area contributed by atoms with Crippen molar-refractivity contribution in [3.05, 3.63) is 64.6 Å². The second-order valence-electron chi connectivity index (χ2n) is 5.36. The zero-order valence-corrected chi connectivity index (χ0v) is 15.3. The maximum absolute atomic E-state index is 10.8. The number of carboxylic acids is 1. The summed E-state index contributed by atoms with van der Waals surface area (Å²) in [5, 5.41) is 12.0. The fourth-order valence-electron chi connectivity index (χ4n) is 2.28. The van der Waals surface area contributed by atoms with E-state index in [0.29, 0.717) is 29.7 Å². The summed E-state index contributed by atoms with van der Waals surface area (Å²) in [4.78, 5) is 15.2. The highest BCUT2D eigenvalue weighted by Crippen LogP contribution is 2.32. The second-order valence-corrected chi connectivity index (χ2v) is 6.66. The van der Waals surface area contributed by atoms with Crippen molar-refractivity contribution in [2.75, 3.05) is 13.2 Å². The molecular formula is C19H16ClNO4S. The van der Waals surface area contributed by atoms with Crippen LogP contribution in [0.15, 0.2) is 53.9 Å². The van der Waals surface area contributed by atoms with E-state index in [-0.39, 0.29) is 6.42 Å². The topological polar surface area (TPSA) is 68.7 Å². The third kappa shape index (κ3) is 4.97. The third-order valence-electron chi connectivity index (χ3n) is 3.42. The molecule has 0 radical (unpaired) electrons. The van der Waals surface area contributed by atoms with Gasteiger partial charge in [-0.3, -0.25) is 4.79 Å². The van der Waals surface area contributed by atoms with Gasteiger partial charge in [0.15, 0.2) is 0 Å². The molecule has 7 heteroatoms. The lowest BCUT2D eigenvalue weighted by Gasteiger charge is -2.11. The number of ether oxygens (including phenoxy) is 2. The van der Waals surface area contributed by atoms with Gasteiger partial charge in [-0.15, -0.1) is 11.3 Å². The first-order chi connectivity index (χ1) is 12.6. The Morgan fingerprint density at radius 2 is 1.81 bits per heavy atom. The van der Waals surface area contributed by atoms with Crippen molar-refractivity contribution < 1.29 is 19.4 Å². The van der Waals surface area contributed by atoms with Crippen molar-refractivity contribution in [3.8, 4) is 22.1 Å². The number of hydrogen-bond donors (Lipinski definition) is 1. The quantitative estimate of drug-likeness (QED) is 0.572. The number of halogens is 1. The largest absolute Gasteiger partial charge is 0.490 e. The van der Waals surface area contributed by atoms with Crippen LogP contribution in [0.5, 0.6) is 11.5 Å². The first-order valence-electron chi connectivity index (χ1n) is 7.88. The Balaban J connectivity index is 1.61. The van der Waals surface area contributed by atoms with Gasteiger partial charge in [-0.05, 0) is 36.4 Å². The summed E-state index contributed by atoms with van der Waals surface area (Å²) in [6.07, 6.45) is -0.0888. The molecule has 3 aromatic rings. The molecule has 0 saturated carbocycles. The zero-order valence-electron chi connectivity index (χ0n) is 13.7. The first kappa shape index (κ1) is 18.2. The van der Waals surface area contributed by atoms with Crippen LogP contribution in [-0.2, 0) is 11.2 Å². The van der Waals surface area contributed by atoms with Crippen LogP contribution in [0.4, 0.5) is 0 Å². The van der Waals surface area contributed by atoms with Crippen molar-refractivity contribution in [2.45, 2.75) is 6.42 Å². The maximum atomic E-state index is 10.8. The van der Waals surface area contributed by atoms with Gasteiger partial charge in [0.2, 0.25) is 0 Å². The molecule has 5 nitrogen and oxygen atoms in total. The number of hydrogen-bond acceptors (Lipinski definition) is 5. The third-order valence-corrected chi connectivity index (χ3v) is 4.60. The van der Waals surface area contributed by atoms with Crippen LogP contribution in [0, 0.1) is 0 Å². The smallest absolute Gasteiger partial charge is 0.309 e. The van der Waals surface area contributed by atoms with E-state index < -0.39 is 5.97 Å². The average Bonchev–Trinajstić information content (AvgIpc) is 3.08. The van der Waals surface area contributed by atoms with Crippen molar-refractivity contribution in [1.82, 2.24) is 4.98 Å². The predicted molar refractivity (Wildman–Crippen MR) is 101 cm³/mol. The Kier molecular flexibility index (Phi) is 6.09. The maximum Gasteiger partial charge on any atom is 0.309 e. The number of nitrogens with zero attached hydrogens (tertiary/aromatic N) is 1. The zero-order chi connectivity index (χ0) is 18.4. The number of aromatic nitrogens is 1. The molecular weight excluding hydrogens is 374 g/mol. The number of carboxylic acid groups (broad SMARTS) is 1. The lowest BCUT2D eigenvalue weighted by molar-refractivity contribution is -0.136. The molecule has 1 N–H and O–H groups in total. The highest BCUT2D eigenvalue weighted by atomic mass is 35.5. The monoisotopic (exact) mass is 389 g/mol. The average molecular weight is 390 g/mol. The van der Waals surface area contributed by atoms with Crippen molar-refractivity contribution in [1.29, 1.82) is 0 Å². The van der Waals surface area contributed by atoms with E-state index in [4.69, 9.17) is 26.2 Å². The minimum Gasteiger partial charge on any atom is -0.490 e. The van der Waals surface area contributed by atoms with Crippen LogP contribution in [0.25, 0.3) is 10.6 Å². The first-order valence-corrected chi connectivity index (χ1v) is 9.14. The summed E-state index contributed by atoms with van der Waals surface area (Å²) in [7, 11) is 0. The molecule has 0 aliphatic rings. The van der Waals surface area contributed by atoms with Crippen LogP contribution < -0.4 is 9.47 Å². The fourth-order valence-corrected chi connectivity index (χ4v) is 3.25. The number of thiazole rings is 1. The van der Waals surface area contributed by atoms with Crippen LogP contribution in [0.1, 0.15) is 5.69 Å². The van der Waals surface area contributed by atoms with Gasteiger partial charge in [-0.25, -0.2) is 4.98 Å². The summed E-state index contributed by atoms with van der Waals surface area (Å²) in [5.74, 6) is 0.513. The van der Waals surface area contributed by atoms with Gasteiger partial charge in [-0.2, -0.15) is 0 Å². The van der Waals surface area contributed by atoms with Gasteiger partial charge in [0.05, 0.1) is 17.7 Å². The van der Waals surface area contributed by atoms with Crippen LogP contribution >= 0.6 is 22.9 Å². The van der Waals surface area contributed by atoms with Gasteiger partial charge in [-0.1, -0.05) is 23.7 Å². The number of rotatable bonds is 8. The molecule has 2 aromatic carbocycles. The Morgan fingerprint density at radius 1 is 1.08 bits per heavy atom. The Morgan fingerprint density at radius 3 is 2.58 bits per heavy atom. The minimum absolute atomic E-state index is 0.0888. The normalized spacial score (nSPS) is 10.5. The molecule has 1 heterocycles. The van der Waals surface area contributed by atoms with Gasteiger partial charge in [0.1, 0.15) is 29.7 Å². The summed E-state index contributed by atoms with van der Waals surface area (Å²) in [5.41, 5.74) is 1.37. The molecule has 134 valence electrons. The molecule has 26 heavy (non-hydrogen) atoms. The molecule has 0 saturated heterocycles. The Labute approximate surface area is 159 Å². The van der Waals surface area contributed by atoms with Crippen LogP contribution in [0.2, 0.25) is 5.02 Å². The Hall–Kier alpha value is -2.57. The summed E-state index contributed by atoms with van der Waals surface area (Å²) in [6.45, 7) is 0.755. The Bertz CT molecular complexity index is 879. The molecule has 0 amide bonds. The molecule has 0 atom stereocenters. The molecule has 0 bridgehead atoms. The van der Waals surface area contributed by atoms with E-state index in [1.165, 1.54) is 11.3 Å². The van der Waals surface area contributed by atoms with E-state index >= 15 is 0 Å². The molecule has 1 aromatic heterocycles. The lowest BCUT2D eigenvalue weighted by Crippen LogP contribution is -2.09. The highest BCUT2D eigenvalue weighted by Gasteiger charge is 2.12. The minimum atomic E-state index is -0.897. The van der Waals surface area contributed by atoms with E-state index in [1.807, 2.05) is 24.3 Å². The van der Waals surface area contributed by atoms with Crippen molar-refractivity contribution in [3.63, 3.8) is 0 Å². The van der Waals surface area contributed by atoms with E-state index in [9.17, 15) is 4.79 Å². The number of carbonyl (C=O) groups is 1. The summed E-state index contributed by atoms with van der Waals surface area (Å²) in [6, 6.07) is 14.7. The van der Waals surface area contributed by atoms with Crippen molar-refractivity contribution in [2.24, 2.45) is 0 Å². The van der Waals surface area contributed by atoms with Gasteiger partial charge in [0.25, 0.3) is 0 Å². The molecule has 3 rings (SSSR count). The SMILES string of the molecule is O=C(O)Cc1csc(-c2ccccc2OCCOc2ccc(Cl)cc2)n1.